The Morgan fingerprint density at radius 3 is 2.11 bits per heavy atom. The number of aliphatic hydroxyl groups excluding tert-OH is 1. The molecule has 0 radical (unpaired) electrons. The number of hydrogen-bond acceptors (Lipinski definition) is 9. The van der Waals surface area contributed by atoms with Crippen molar-refractivity contribution in [3.8, 4) is 34.1 Å². The van der Waals surface area contributed by atoms with Crippen LogP contribution in [-0.4, -0.2) is 75.2 Å². The van der Waals surface area contributed by atoms with Gasteiger partial charge in [-0.2, -0.15) is 0 Å². The number of aliphatic hydroxyl groups is 1. The molecule has 0 spiro atoms. The molecular weight excluding hydrogens is 829 g/mol. The molecule has 10 rings (SSSR count). The summed E-state index contributed by atoms with van der Waals surface area (Å²) >= 11 is 0. The van der Waals surface area contributed by atoms with E-state index >= 15 is 4.79 Å². The number of hydrogen-bond donors (Lipinski definition) is 1. The Hall–Kier alpha value is -5.81. The van der Waals surface area contributed by atoms with Gasteiger partial charge >= 0.3 is 0 Å². The fourth-order valence-electron chi connectivity index (χ4n) is 11.8. The van der Waals surface area contributed by atoms with Gasteiger partial charge in [0, 0.05) is 38.0 Å². The molecule has 0 saturated carbocycles. The summed E-state index contributed by atoms with van der Waals surface area (Å²) in [6.45, 7) is 5.15. The molecule has 5 aromatic rings. The molecule has 10 nitrogen and oxygen atoms in total. The second-order valence-corrected chi connectivity index (χ2v) is 18.7. The number of nitrogens with zero attached hydrogens (tertiary/aromatic N) is 2. The Morgan fingerprint density at radius 2 is 1.38 bits per heavy atom. The molecule has 4 aliphatic heterocycles. The summed E-state index contributed by atoms with van der Waals surface area (Å²) in [7, 11) is 6.77. The maximum absolute atomic E-state index is 15.6. The molecule has 1 saturated heterocycles. The lowest BCUT2D eigenvalue weighted by Gasteiger charge is -2.49. The van der Waals surface area contributed by atoms with Gasteiger partial charge < -0.3 is 38.4 Å². The minimum absolute atomic E-state index is 0.0178. The van der Waals surface area contributed by atoms with Crippen LogP contribution in [0.5, 0.6) is 23.0 Å². The summed E-state index contributed by atoms with van der Waals surface area (Å²) < 4.78 is 36.7. The Balaban J connectivity index is 1.01. The summed E-state index contributed by atoms with van der Waals surface area (Å²) in [4.78, 5) is 20.4. The van der Waals surface area contributed by atoms with E-state index in [2.05, 4.69) is 89.5 Å². The van der Waals surface area contributed by atoms with Gasteiger partial charge in [-0.1, -0.05) is 80.1 Å². The smallest absolute Gasteiger partial charge is 0.289 e. The van der Waals surface area contributed by atoms with Gasteiger partial charge in [0.2, 0.25) is 6.29 Å². The fourth-order valence-corrected chi connectivity index (χ4v) is 11.8. The number of carbonyl (C=O) groups is 1. The summed E-state index contributed by atoms with van der Waals surface area (Å²) in [5.74, 6) is 3.77. The number of benzene rings is 5. The summed E-state index contributed by atoms with van der Waals surface area (Å²) in [6, 6.07) is 31.6. The van der Waals surface area contributed by atoms with Crippen molar-refractivity contribution in [2.45, 2.75) is 89.4 Å². The van der Waals surface area contributed by atoms with Crippen LogP contribution in [0.4, 0.5) is 0 Å². The quantitative estimate of drug-likeness (QED) is 0.122. The third kappa shape index (κ3) is 8.22. The minimum atomic E-state index is -0.660. The average Bonchev–Trinajstić information content (AvgIpc) is 3.76. The molecule has 4 heterocycles. The first-order chi connectivity index (χ1) is 32.3. The second-order valence-electron chi connectivity index (χ2n) is 18.7. The Bertz CT molecular complexity index is 2620. The standard InChI is InChI=1S/C56H62N2O8/c1-6-36-31-57-20-18-38-25-50(61-2)52(63-4)29-45(38)48(57)23-40(36)24-49-46-30-53(64-5)51(62-3)26-39(46)19-21-58(49)56(60)54-27-41(28-55(66-54)65-33-35-16-14-34(32-59)15-17-35)43-12-9-13-44-42-11-8-7-10-37(42)22-47(43)44/h7-17,25-27,29-30,36,40-41,48-49,55,59H,6,18-24,28,31-33H2,1-5H3. The van der Waals surface area contributed by atoms with Crippen molar-refractivity contribution in [2.75, 3.05) is 48.1 Å². The van der Waals surface area contributed by atoms with Crippen molar-refractivity contribution < 1.29 is 38.3 Å². The topological polar surface area (TPSA) is 99.2 Å². The maximum Gasteiger partial charge on any atom is 0.289 e. The summed E-state index contributed by atoms with van der Waals surface area (Å²) in [5.41, 5.74) is 13.1. The zero-order valence-corrected chi connectivity index (χ0v) is 38.9. The molecule has 1 N–H and O–H groups in total. The Morgan fingerprint density at radius 1 is 0.712 bits per heavy atom. The highest BCUT2D eigenvalue weighted by molar-refractivity contribution is 5.92. The molecule has 6 unspecified atom stereocenters. The highest BCUT2D eigenvalue weighted by Gasteiger charge is 2.44. The van der Waals surface area contributed by atoms with Gasteiger partial charge in [-0.05, 0) is 135 Å². The van der Waals surface area contributed by atoms with Gasteiger partial charge in [0.15, 0.2) is 28.8 Å². The van der Waals surface area contributed by atoms with Gasteiger partial charge in [0.05, 0.1) is 47.7 Å². The molecule has 344 valence electrons. The lowest BCUT2D eigenvalue weighted by molar-refractivity contribution is -0.158. The SMILES string of the molecule is CCC1CN2CCc3cc(OC)c(OC)cc3C2CC1CC1c2cc(OC)c(OC)cc2CCN1C(=O)C1=CC(c2cccc3c2Cc2ccccc2-3)CC(OCc2ccc(CO)cc2)O1. The lowest BCUT2D eigenvalue weighted by Crippen LogP contribution is -2.48. The van der Waals surface area contributed by atoms with Gasteiger partial charge in [0.25, 0.3) is 5.91 Å². The number of amides is 1. The van der Waals surface area contributed by atoms with Crippen molar-refractivity contribution in [3.63, 3.8) is 0 Å². The first-order valence-corrected chi connectivity index (χ1v) is 23.7. The zero-order valence-electron chi connectivity index (χ0n) is 38.9. The van der Waals surface area contributed by atoms with Crippen molar-refractivity contribution >= 4 is 5.91 Å². The molecule has 1 aliphatic carbocycles. The molecule has 0 bridgehead atoms. The molecule has 1 amide bonds. The predicted molar refractivity (Wildman–Crippen MR) is 254 cm³/mol. The van der Waals surface area contributed by atoms with Crippen molar-refractivity contribution in [1.29, 1.82) is 0 Å². The second kappa shape index (κ2) is 18.8. The van der Waals surface area contributed by atoms with Crippen LogP contribution in [0.1, 0.15) is 101 Å². The number of fused-ring (bicyclic) bond motifs is 7. The maximum atomic E-state index is 15.6. The minimum Gasteiger partial charge on any atom is -0.493 e. The highest BCUT2D eigenvalue weighted by atomic mass is 16.7. The fraction of sp³-hybridized carbons (Fsp3) is 0.411. The van der Waals surface area contributed by atoms with E-state index in [4.69, 9.17) is 28.4 Å². The lowest BCUT2D eigenvalue weighted by atomic mass is 9.72. The van der Waals surface area contributed by atoms with Crippen LogP contribution in [0, 0.1) is 11.8 Å². The van der Waals surface area contributed by atoms with E-state index in [9.17, 15) is 5.11 Å². The average molecular weight is 891 g/mol. The van der Waals surface area contributed by atoms with E-state index in [0.717, 1.165) is 73.4 Å². The third-order valence-corrected chi connectivity index (χ3v) is 15.3. The molecule has 6 atom stereocenters. The predicted octanol–water partition coefficient (Wildman–Crippen LogP) is 9.88. The van der Waals surface area contributed by atoms with Crippen LogP contribution in [0.15, 0.2) is 103 Å². The van der Waals surface area contributed by atoms with Gasteiger partial charge in [-0.3, -0.25) is 9.69 Å². The van der Waals surface area contributed by atoms with Gasteiger partial charge in [0.1, 0.15) is 0 Å². The van der Waals surface area contributed by atoms with Crippen LogP contribution >= 0.6 is 0 Å². The number of carbonyl (C=O) groups excluding carboxylic acids is 1. The van der Waals surface area contributed by atoms with Gasteiger partial charge in [-0.15, -0.1) is 0 Å². The van der Waals surface area contributed by atoms with Crippen molar-refractivity contribution in [3.05, 3.63) is 153 Å². The van der Waals surface area contributed by atoms with Crippen LogP contribution < -0.4 is 18.9 Å². The number of allylic oxidation sites excluding steroid dienone is 1. The van der Waals surface area contributed by atoms with E-state index in [-0.39, 0.29) is 30.5 Å². The van der Waals surface area contributed by atoms with E-state index < -0.39 is 6.29 Å². The van der Waals surface area contributed by atoms with E-state index in [1.165, 1.54) is 44.5 Å². The van der Waals surface area contributed by atoms with E-state index in [1.54, 1.807) is 28.4 Å². The largest absolute Gasteiger partial charge is 0.493 e. The van der Waals surface area contributed by atoms with Crippen LogP contribution in [0.3, 0.4) is 0 Å². The number of ether oxygens (including phenoxy) is 6. The Kier molecular flexibility index (Phi) is 12.6. The molecule has 1 fully saturated rings. The third-order valence-electron chi connectivity index (χ3n) is 15.3. The number of piperidine rings is 1. The van der Waals surface area contributed by atoms with E-state index in [0.29, 0.717) is 55.1 Å². The normalized spacial score (nSPS) is 23.0. The zero-order chi connectivity index (χ0) is 45.5. The van der Waals surface area contributed by atoms with Crippen LogP contribution in [-0.2, 0) is 46.7 Å². The summed E-state index contributed by atoms with van der Waals surface area (Å²) in [6.07, 6.45) is 7.30. The molecule has 10 heteroatoms. The van der Waals surface area contributed by atoms with Crippen molar-refractivity contribution in [1.82, 2.24) is 9.80 Å². The van der Waals surface area contributed by atoms with E-state index in [1.807, 2.05) is 24.3 Å². The first kappa shape index (κ1) is 44.0. The van der Waals surface area contributed by atoms with Gasteiger partial charge in [-0.25, -0.2) is 0 Å². The van der Waals surface area contributed by atoms with Crippen LogP contribution in [0.25, 0.3) is 11.1 Å². The van der Waals surface area contributed by atoms with Crippen LogP contribution in [0.2, 0.25) is 0 Å². The molecule has 5 aliphatic rings. The highest BCUT2D eigenvalue weighted by Crippen LogP contribution is 2.50. The molecular formula is C56H62N2O8. The summed E-state index contributed by atoms with van der Waals surface area (Å²) in [5, 5.41) is 9.65. The monoisotopic (exact) mass is 890 g/mol. The molecule has 66 heavy (non-hydrogen) atoms. The van der Waals surface area contributed by atoms with Crippen molar-refractivity contribution in [2.24, 2.45) is 11.8 Å². The first-order valence-electron chi connectivity index (χ1n) is 23.7. The molecule has 0 aromatic heterocycles. The number of methoxy groups -OCH3 is 4. The number of rotatable bonds is 13. The molecule has 5 aromatic carbocycles. The Labute approximate surface area is 389 Å².